The van der Waals surface area contributed by atoms with Gasteiger partial charge in [-0.3, -0.25) is 4.90 Å². The van der Waals surface area contributed by atoms with Crippen molar-refractivity contribution in [3.8, 4) is 0 Å². The highest BCUT2D eigenvalue weighted by atomic mass is 32.2. The molecule has 1 saturated heterocycles. The smallest absolute Gasteiger partial charge is 0.180 e. The first-order valence-electron chi connectivity index (χ1n) is 9.67. The molecule has 0 radical (unpaired) electrons. The molecule has 2 aromatic rings. The van der Waals surface area contributed by atoms with Crippen molar-refractivity contribution in [1.29, 1.82) is 0 Å². The SMILES string of the molecule is CC1CCCCN1Cc1cc(F)ccc1C=NN=C(N)SCc1ccccc1. The van der Waals surface area contributed by atoms with Gasteiger partial charge in [-0.2, -0.15) is 5.10 Å². The van der Waals surface area contributed by atoms with Crippen molar-refractivity contribution in [1.82, 2.24) is 4.90 Å². The van der Waals surface area contributed by atoms with Gasteiger partial charge in [0.2, 0.25) is 0 Å². The summed E-state index contributed by atoms with van der Waals surface area (Å²) in [6, 6.07) is 15.4. The predicted octanol–water partition coefficient (Wildman–Crippen LogP) is 4.78. The Balaban J connectivity index is 1.64. The average Bonchev–Trinajstić information content (AvgIpc) is 2.70. The van der Waals surface area contributed by atoms with E-state index in [1.807, 2.05) is 18.2 Å². The van der Waals surface area contributed by atoms with Crippen LogP contribution in [0.4, 0.5) is 4.39 Å². The Hall–Kier alpha value is -2.18. The third-order valence-corrected chi connectivity index (χ3v) is 5.86. The number of piperidine rings is 1. The molecule has 148 valence electrons. The van der Waals surface area contributed by atoms with E-state index in [2.05, 4.69) is 34.2 Å². The largest absolute Gasteiger partial charge is 0.377 e. The fraction of sp³-hybridized carbons (Fsp3) is 0.364. The minimum atomic E-state index is -0.224. The first-order valence-corrected chi connectivity index (χ1v) is 10.7. The van der Waals surface area contributed by atoms with Crippen molar-refractivity contribution >= 4 is 23.1 Å². The molecule has 0 aliphatic carbocycles. The Bertz CT molecular complexity index is 823. The van der Waals surface area contributed by atoms with E-state index >= 15 is 0 Å². The highest BCUT2D eigenvalue weighted by molar-refractivity contribution is 8.13. The molecule has 6 heteroatoms. The van der Waals surface area contributed by atoms with E-state index in [9.17, 15) is 4.39 Å². The van der Waals surface area contributed by atoms with Crippen LogP contribution in [0.3, 0.4) is 0 Å². The molecule has 1 aliphatic rings. The van der Waals surface area contributed by atoms with Crippen LogP contribution >= 0.6 is 11.8 Å². The van der Waals surface area contributed by atoms with Gasteiger partial charge in [-0.25, -0.2) is 4.39 Å². The molecule has 1 aliphatic heterocycles. The van der Waals surface area contributed by atoms with Gasteiger partial charge in [-0.15, -0.1) is 5.10 Å². The topological polar surface area (TPSA) is 54.0 Å². The molecule has 0 bridgehead atoms. The third kappa shape index (κ3) is 6.17. The molecule has 1 atom stereocenters. The number of amidine groups is 1. The number of nitrogens with zero attached hydrogens (tertiary/aromatic N) is 3. The Morgan fingerprint density at radius 1 is 1.25 bits per heavy atom. The molecule has 2 N–H and O–H groups in total. The van der Waals surface area contributed by atoms with Gasteiger partial charge < -0.3 is 5.73 Å². The number of halogens is 1. The van der Waals surface area contributed by atoms with Crippen molar-refractivity contribution in [2.24, 2.45) is 15.9 Å². The van der Waals surface area contributed by atoms with E-state index in [0.29, 0.717) is 11.2 Å². The molecule has 4 nitrogen and oxygen atoms in total. The molecule has 0 amide bonds. The summed E-state index contributed by atoms with van der Waals surface area (Å²) in [6.45, 7) is 4.01. The molecule has 0 spiro atoms. The van der Waals surface area contributed by atoms with Crippen LogP contribution in [0.15, 0.2) is 58.7 Å². The maximum Gasteiger partial charge on any atom is 0.180 e. The summed E-state index contributed by atoms with van der Waals surface area (Å²) in [4.78, 5) is 2.41. The van der Waals surface area contributed by atoms with Gasteiger partial charge in [0, 0.05) is 18.3 Å². The number of benzene rings is 2. The van der Waals surface area contributed by atoms with Crippen molar-refractivity contribution in [3.05, 3.63) is 71.0 Å². The third-order valence-electron chi connectivity index (χ3n) is 5.00. The van der Waals surface area contributed by atoms with Gasteiger partial charge in [0.05, 0.1) is 6.21 Å². The number of nitrogens with two attached hydrogens (primary N) is 1. The number of rotatable bonds is 6. The lowest BCUT2D eigenvalue weighted by Gasteiger charge is -2.33. The van der Waals surface area contributed by atoms with Gasteiger partial charge in [-0.05, 0) is 55.1 Å². The van der Waals surface area contributed by atoms with Gasteiger partial charge >= 0.3 is 0 Å². The van der Waals surface area contributed by atoms with E-state index < -0.39 is 0 Å². The lowest BCUT2D eigenvalue weighted by atomic mass is 10.0. The number of hydrogen-bond donors (Lipinski definition) is 1. The van der Waals surface area contributed by atoms with Crippen LogP contribution in [0.1, 0.15) is 42.9 Å². The van der Waals surface area contributed by atoms with Crippen LogP contribution in [-0.2, 0) is 12.3 Å². The lowest BCUT2D eigenvalue weighted by Crippen LogP contribution is -2.37. The molecular formula is C22H27FN4S. The van der Waals surface area contributed by atoms with Crippen LogP contribution in [0.2, 0.25) is 0 Å². The lowest BCUT2D eigenvalue weighted by molar-refractivity contribution is 0.152. The minimum Gasteiger partial charge on any atom is -0.377 e. The van der Waals surface area contributed by atoms with Crippen LogP contribution in [-0.4, -0.2) is 28.9 Å². The average molecular weight is 399 g/mol. The Labute approximate surface area is 170 Å². The van der Waals surface area contributed by atoms with Crippen molar-refractivity contribution < 1.29 is 4.39 Å². The van der Waals surface area contributed by atoms with Crippen LogP contribution < -0.4 is 5.73 Å². The molecule has 2 aromatic carbocycles. The predicted molar refractivity (Wildman–Crippen MR) is 117 cm³/mol. The van der Waals surface area contributed by atoms with Crippen molar-refractivity contribution in [2.45, 2.75) is 44.5 Å². The van der Waals surface area contributed by atoms with E-state index in [0.717, 1.165) is 30.0 Å². The van der Waals surface area contributed by atoms with Crippen LogP contribution in [0.5, 0.6) is 0 Å². The van der Waals surface area contributed by atoms with E-state index in [-0.39, 0.29) is 5.82 Å². The molecule has 3 rings (SSSR count). The minimum absolute atomic E-state index is 0.224. The Kier molecular flexibility index (Phi) is 7.62. The number of hydrogen-bond acceptors (Lipinski definition) is 4. The summed E-state index contributed by atoms with van der Waals surface area (Å²) in [5.41, 5.74) is 8.94. The van der Waals surface area contributed by atoms with E-state index in [4.69, 9.17) is 5.73 Å². The van der Waals surface area contributed by atoms with Crippen molar-refractivity contribution in [3.63, 3.8) is 0 Å². The zero-order chi connectivity index (χ0) is 19.8. The second kappa shape index (κ2) is 10.4. The second-order valence-electron chi connectivity index (χ2n) is 7.12. The summed E-state index contributed by atoms with van der Waals surface area (Å²) in [6.07, 6.45) is 5.32. The molecule has 1 unspecified atom stereocenters. The summed E-state index contributed by atoms with van der Waals surface area (Å²) < 4.78 is 13.8. The maximum absolute atomic E-state index is 13.8. The van der Waals surface area contributed by atoms with Gasteiger partial charge in [0.1, 0.15) is 5.82 Å². The summed E-state index contributed by atoms with van der Waals surface area (Å²) in [5.74, 6) is 0.526. The van der Waals surface area contributed by atoms with Gasteiger partial charge in [-0.1, -0.05) is 54.6 Å². The Morgan fingerprint density at radius 3 is 2.86 bits per heavy atom. The summed E-state index contributed by atoms with van der Waals surface area (Å²) in [5, 5.41) is 8.62. The van der Waals surface area contributed by atoms with Crippen molar-refractivity contribution in [2.75, 3.05) is 6.54 Å². The zero-order valence-electron chi connectivity index (χ0n) is 16.2. The highest BCUT2D eigenvalue weighted by Crippen LogP contribution is 2.21. The molecule has 0 aromatic heterocycles. The zero-order valence-corrected chi connectivity index (χ0v) is 17.0. The van der Waals surface area contributed by atoms with Crippen LogP contribution in [0.25, 0.3) is 0 Å². The number of likely N-dealkylation sites (tertiary alicyclic amines) is 1. The fourth-order valence-electron chi connectivity index (χ4n) is 3.36. The quantitative estimate of drug-likeness (QED) is 0.433. The van der Waals surface area contributed by atoms with E-state index in [1.54, 1.807) is 18.3 Å². The fourth-order valence-corrected chi connectivity index (χ4v) is 3.97. The molecule has 0 saturated carbocycles. The number of thioether (sulfide) groups is 1. The van der Waals surface area contributed by atoms with E-state index in [1.165, 1.54) is 42.7 Å². The molecule has 1 heterocycles. The van der Waals surface area contributed by atoms with Gasteiger partial charge in [0.15, 0.2) is 5.17 Å². The monoisotopic (exact) mass is 398 g/mol. The first kappa shape index (κ1) is 20.6. The summed E-state index contributed by atoms with van der Waals surface area (Å²) >= 11 is 1.45. The molecular weight excluding hydrogens is 371 g/mol. The second-order valence-corrected chi connectivity index (χ2v) is 8.11. The summed E-state index contributed by atoms with van der Waals surface area (Å²) in [7, 11) is 0. The standard InChI is InChI=1S/C22H27FN4S/c1-17-7-5-6-12-27(17)15-20-13-21(23)11-10-19(20)14-25-26-22(24)28-16-18-8-3-2-4-9-18/h2-4,8-11,13-14,17H,5-7,12,15-16H2,1H3,(H2,24,26). The first-order chi connectivity index (χ1) is 13.6. The van der Waals surface area contributed by atoms with Crippen LogP contribution in [0, 0.1) is 5.82 Å². The Morgan fingerprint density at radius 2 is 2.07 bits per heavy atom. The maximum atomic E-state index is 13.8. The molecule has 1 fully saturated rings. The normalized spacial score (nSPS) is 18.6. The highest BCUT2D eigenvalue weighted by Gasteiger charge is 2.19. The molecule has 28 heavy (non-hydrogen) atoms. The van der Waals surface area contributed by atoms with Gasteiger partial charge in [0.25, 0.3) is 0 Å².